The first-order valence-corrected chi connectivity index (χ1v) is 9.13. The Bertz CT molecular complexity index is 461. The summed E-state index contributed by atoms with van der Waals surface area (Å²) in [7, 11) is 0. The van der Waals surface area contributed by atoms with Crippen LogP contribution < -0.4 is 4.74 Å². The number of hydrogen-bond acceptors (Lipinski definition) is 1. The van der Waals surface area contributed by atoms with E-state index in [1.165, 1.54) is 51.0 Å². The zero-order valence-electron chi connectivity index (χ0n) is 14.7. The zero-order chi connectivity index (χ0) is 16.9. The third-order valence-corrected chi connectivity index (χ3v) is 5.34. The molecule has 2 rings (SSSR count). The van der Waals surface area contributed by atoms with E-state index in [0.717, 1.165) is 5.92 Å². The third-order valence-electron chi connectivity index (χ3n) is 5.34. The normalized spacial score (nSPS) is 23.5. The number of ether oxygens (including phenoxy) is 1. The lowest BCUT2D eigenvalue weighted by Gasteiger charge is -2.29. The summed E-state index contributed by atoms with van der Waals surface area (Å²) < 4.78 is 32.6. The van der Waals surface area contributed by atoms with Crippen molar-refractivity contribution in [3.63, 3.8) is 0 Å². The molecule has 0 aromatic heterocycles. The molecule has 23 heavy (non-hydrogen) atoms. The summed E-state index contributed by atoms with van der Waals surface area (Å²) in [5, 5.41) is 0. The van der Waals surface area contributed by atoms with Crippen LogP contribution in [0.2, 0.25) is 0 Å². The molecule has 0 radical (unpaired) electrons. The second-order valence-electron chi connectivity index (χ2n) is 7.05. The van der Waals surface area contributed by atoms with Crippen molar-refractivity contribution in [1.82, 2.24) is 0 Å². The van der Waals surface area contributed by atoms with E-state index in [9.17, 15) is 8.78 Å². The van der Waals surface area contributed by atoms with Gasteiger partial charge in [-0.05, 0) is 61.6 Å². The summed E-state index contributed by atoms with van der Waals surface area (Å²) in [4.78, 5) is 0. The van der Waals surface area contributed by atoms with Crippen molar-refractivity contribution in [2.75, 3.05) is 0 Å². The number of rotatable bonds is 7. The van der Waals surface area contributed by atoms with E-state index in [0.29, 0.717) is 12.3 Å². The molecule has 0 N–H and O–H groups in total. The molecule has 1 nitrogen and oxygen atoms in total. The van der Waals surface area contributed by atoms with Crippen molar-refractivity contribution in [3.8, 4) is 5.75 Å². The molecular formula is C20H30F2O. The van der Waals surface area contributed by atoms with Crippen LogP contribution in [0.1, 0.15) is 77.2 Å². The molecule has 0 bridgehead atoms. The monoisotopic (exact) mass is 324 g/mol. The lowest BCUT2D eigenvalue weighted by Crippen LogP contribution is -2.32. The maximum Gasteiger partial charge on any atom is 0.400 e. The van der Waals surface area contributed by atoms with Crippen molar-refractivity contribution in [2.24, 2.45) is 11.8 Å². The molecule has 3 heteroatoms. The smallest absolute Gasteiger partial charge is 0.400 e. The maximum absolute atomic E-state index is 13.9. The van der Waals surface area contributed by atoms with Gasteiger partial charge < -0.3 is 4.74 Å². The standard InChI is InChI=1S/C20H30F2O/c1-4-6-16-7-9-17(10-8-16)18-11-13-19(14-12-18)23-20(21,22)15(3)5-2/h11-17H,4-10H2,1-3H3/t15-,16?,17?/m0/s1. The minimum absolute atomic E-state index is 0.263. The number of halogens is 2. The second kappa shape index (κ2) is 8.12. The van der Waals surface area contributed by atoms with Crippen LogP contribution in [-0.2, 0) is 0 Å². The number of benzene rings is 1. The Morgan fingerprint density at radius 3 is 2.22 bits per heavy atom. The molecule has 1 fully saturated rings. The second-order valence-corrected chi connectivity index (χ2v) is 7.05. The van der Waals surface area contributed by atoms with Gasteiger partial charge in [0.2, 0.25) is 0 Å². The number of hydrogen-bond donors (Lipinski definition) is 0. The van der Waals surface area contributed by atoms with Crippen LogP contribution in [0.4, 0.5) is 8.78 Å². The predicted octanol–water partition coefficient (Wildman–Crippen LogP) is 6.78. The van der Waals surface area contributed by atoms with Gasteiger partial charge in [0.15, 0.2) is 0 Å². The fourth-order valence-electron chi connectivity index (χ4n) is 3.50. The first kappa shape index (κ1) is 18.2. The van der Waals surface area contributed by atoms with Crippen molar-refractivity contribution in [3.05, 3.63) is 29.8 Å². The quantitative estimate of drug-likeness (QED) is 0.537. The highest BCUT2D eigenvalue weighted by atomic mass is 19.3. The van der Waals surface area contributed by atoms with E-state index < -0.39 is 12.0 Å². The van der Waals surface area contributed by atoms with Gasteiger partial charge in [0.1, 0.15) is 5.75 Å². The SMILES string of the molecule is CCCC1CCC(c2ccc(OC(F)(F)[C@@H](C)CC)cc2)CC1. The Morgan fingerprint density at radius 2 is 1.70 bits per heavy atom. The van der Waals surface area contributed by atoms with Crippen LogP contribution in [0.25, 0.3) is 0 Å². The molecule has 130 valence electrons. The fraction of sp³-hybridized carbons (Fsp3) is 0.700. The van der Waals surface area contributed by atoms with E-state index in [4.69, 9.17) is 4.74 Å². The Labute approximate surface area is 139 Å². The molecule has 1 saturated carbocycles. The Hall–Kier alpha value is -1.12. The van der Waals surface area contributed by atoms with Gasteiger partial charge in [0.05, 0.1) is 5.92 Å². The van der Waals surface area contributed by atoms with Gasteiger partial charge in [-0.2, -0.15) is 8.78 Å². The van der Waals surface area contributed by atoms with E-state index in [2.05, 4.69) is 6.92 Å². The highest BCUT2D eigenvalue weighted by Crippen LogP contribution is 2.38. The molecule has 0 unspecified atom stereocenters. The Balaban J connectivity index is 1.92. The molecule has 0 amide bonds. The molecule has 0 spiro atoms. The summed E-state index contributed by atoms with van der Waals surface area (Å²) in [5.41, 5.74) is 1.26. The molecule has 0 heterocycles. The summed E-state index contributed by atoms with van der Waals surface area (Å²) in [6.45, 7) is 5.52. The minimum Gasteiger partial charge on any atom is -0.432 e. The Morgan fingerprint density at radius 1 is 1.09 bits per heavy atom. The molecular weight excluding hydrogens is 294 g/mol. The van der Waals surface area contributed by atoms with Crippen molar-refractivity contribution < 1.29 is 13.5 Å². The van der Waals surface area contributed by atoms with Crippen LogP contribution in [0, 0.1) is 11.8 Å². The maximum atomic E-state index is 13.9. The zero-order valence-corrected chi connectivity index (χ0v) is 14.7. The minimum atomic E-state index is -3.10. The van der Waals surface area contributed by atoms with Crippen LogP contribution in [0.15, 0.2) is 24.3 Å². The van der Waals surface area contributed by atoms with Crippen LogP contribution in [0.5, 0.6) is 5.75 Å². The largest absolute Gasteiger partial charge is 0.432 e. The average Bonchev–Trinajstić information content (AvgIpc) is 2.55. The van der Waals surface area contributed by atoms with Gasteiger partial charge in [-0.3, -0.25) is 0 Å². The summed E-state index contributed by atoms with van der Waals surface area (Å²) in [6, 6.07) is 7.33. The molecule has 1 aromatic rings. The first-order valence-electron chi connectivity index (χ1n) is 9.13. The Kier molecular flexibility index (Phi) is 6.43. The molecule has 0 saturated heterocycles. The van der Waals surface area contributed by atoms with Crippen LogP contribution >= 0.6 is 0 Å². The lowest BCUT2D eigenvalue weighted by molar-refractivity contribution is -0.212. The number of alkyl halides is 2. The highest BCUT2D eigenvalue weighted by molar-refractivity contribution is 5.30. The molecule has 1 aliphatic carbocycles. The topological polar surface area (TPSA) is 9.23 Å². The van der Waals surface area contributed by atoms with Crippen LogP contribution in [0.3, 0.4) is 0 Å². The van der Waals surface area contributed by atoms with Gasteiger partial charge in [-0.25, -0.2) is 0 Å². The summed E-state index contributed by atoms with van der Waals surface area (Å²) >= 11 is 0. The average molecular weight is 324 g/mol. The van der Waals surface area contributed by atoms with Crippen molar-refractivity contribution in [1.29, 1.82) is 0 Å². The van der Waals surface area contributed by atoms with E-state index >= 15 is 0 Å². The van der Waals surface area contributed by atoms with Gasteiger partial charge in [0, 0.05) is 0 Å². The summed E-state index contributed by atoms with van der Waals surface area (Å²) in [6.07, 6.45) is 4.92. The van der Waals surface area contributed by atoms with Gasteiger partial charge in [0.25, 0.3) is 0 Å². The van der Waals surface area contributed by atoms with Gasteiger partial charge in [-0.15, -0.1) is 0 Å². The molecule has 1 aromatic carbocycles. The lowest BCUT2D eigenvalue weighted by atomic mass is 9.77. The van der Waals surface area contributed by atoms with Crippen molar-refractivity contribution >= 4 is 0 Å². The van der Waals surface area contributed by atoms with E-state index in [-0.39, 0.29) is 5.75 Å². The van der Waals surface area contributed by atoms with Gasteiger partial charge >= 0.3 is 6.11 Å². The van der Waals surface area contributed by atoms with Crippen LogP contribution in [-0.4, -0.2) is 6.11 Å². The third kappa shape index (κ3) is 4.92. The molecule has 0 aliphatic heterocycles. The summed E-state index contributed by atoms with van der Waals surface area (Å²) in [5.74, 6) is 0.940. The first-order chi connectivity index (χ1) is 11.0. The van der Waals surface area contributed by atoms with E-state index in [1.54, 1.807) is 19.1 Å². The predicted molar refractivity (Wildman–Crippen MR) is 91.1 cm³/mol. The molecule has 1 aliphatic rings. The fourth-order valence-corrected chi connectivity index (χ4v) is 3.50. The molecule has 1 atom stereocenters. The van der Waals surface area contributed by atoms with Crippen molar-refractivity contribution in [2.45, 2.75) is 77.7 Å². The van der Waals surface area contributed by atoms with Gasteiger partial charge in [-0.1, -0.05) is 45.7 Å². The van der Waals surface area contributed by atoms with E-state index in [1.807, 2.05) is 12.1 Å². The highest BCUT2D eigenvalue weighted by Gasteiger charge is 2.38.